The van der Waals surface area contributed by atoms with Crippen molar-refractivity contribution in [3.05, 3.63) is 35.9 Å². The van der Waals surface area contributed by atoms with Crippen LogP contribution in [0, 0.1) is 62.1 Å². The summed E-state index contributed by atoms with van der Waals surface area (Å²) >= 11 is 0. The first-order chi connectivity index (χ1) is 13.9. The summed E-state index contributed by atoms with van der Waals surface area (Å²) < 4.78 is 12.5. The Labute approximate surface area is 172 Å². The summed E-state index contributed by atoms with van der Waals surface area (Å²) in [7, 11) is 0. The van der Waals surface area contributed by atoms with Gasteiger partial charge in [0, 0.05) is 5.56 Å². The van der Waals surface area contributed by atoms with Crippen LogP contribution in [0.1, 0.15) is 52.0 Å². The molecule has 6 nitrogen and oxygen atoms in total. The predicted molar refractivity (Wildman–Crippen MR) is 106 cm³/mol. The molecule has 0 radical (unpaired) electrons. The predicted octanol–water partition coefficient (Wildman–Crippen LogP) is 4.64. The SMILES string of the molecule is CCCCC(CC)C1OC2(c3ccccc3)OC(=N)C(C#N)(C2C)C1(C#N)C#N. The van der Waals surface area contributed by atoms with Crippen LogP contribution in [-0.2, 0) is 15.3 Å². The zero-order valence-corrected chi connectivity index (χ0v) is 17.1. The molecule has 3 rings (SSSR count). The van der Waals surface area contributed by atoms with Crippen LogP contribution < -0.4 is 0 Å². The third-order valence-electron chi connectivity index (χ3n) is 6.77. The van der Waals surface area contributed by atoms with E-state index in [0.717, 1.165) is 19.3 Å². The van der Waals surface area contributed by atoms with Crippen molar-refractivity contribution in [3.8, 4) is 18.2 Å². The molecule has 1 N–H and O–H groups in total. The fourth-order valence-electron chi connectivity index (χ4n) is 5.05. The Bertz CT molecular complexity index is 896. The molecule has 1 aromatic carbocycles. The van der Waals surface area contributed by atoms with E-state index in [-0.39, 0.29) is 11.8 Å². The minimum absolute atomic E-state index is 0.105. The Morgan fingerprint density at radius 2 is 1.76 bits per heavy atom. The number of ether oxygens (including phenoxy) is 2. The third kappa shape index (κ3) is 2.51. The molecule has 2 aliphatic rings. The molecule has 5 atom stereocenters. The van der Waals surface area contributed by atoms with Crippen molar-refractivity contribution in [3.63, 3.8) is 0 Å². The van der Waals surface area contributed by atoms with Gasteiger partial charge in [-0.3, -0.25) is 5.41 Å². The number of hydrogen-bond acceptors (Lipinski definition) is 6. The van der Waals surface area contributed by atoms with E-state index in [2.05, 4.69) is 25.1 Å². The lowest BCUT2D eigenvalue weighted by atomic mass is 9.52. The molecular weight excluding hydrogens is 364 g/mol. The zero-order valence-electron chi connectivity index (χ0n) is 17.1. The van der Waals surface area contributed by atoms with E-state index in [1.807, 2.05) is 37.3 Å². The van der Waals surface area contributed by atoms with Gasteiger partial charge < -0.3 is 9.47 Å². The number of unbranched alkanes of at least 4 members (excludes halogenated alkanes) is 1. The van der Waals surface area contributed by atoms with Gasteiger partial charge in [0.15, 0.2) is 10.8 Å². The van der Waals surface area contributed by atoms with Crippen molar-refractivity contribution in [2.45, 2.75) is 58.3 Å². The molecular formula is C23H26N4O2. The van der Waals surface area contributed by atoms with Crippen LogP contribution in [0.15, 0.2) is 30.3 Å². The normalized spacial score (nSPS) is 33.0. The van der Waals surface area contributed by atoms with Gasteiger partial charge in [-0.2, -0.15) is 15.8 Å². The summed E-state index contributed by atoms with van der Waals surface area (Å²) in [6, 6.07) is 15.7. The van der Waals surface area contributed by atoms with Gasteiger partial charge in [-0.05, 0) is 12.3 Å². The molecule has 1 aromatic rings. The van der Waals surface area contributed by atoms with Crippen LogP contribution in [-0.4, -0.2) is 12.0 Å². The van der Waals surface area contributed by atoms with Crippen molar-refractivity contribution in [1.29, 1.82) is 21.2 Å². The molecule has 0 saturated carbocycles. The molecule has 0 spiro atoms. The van der Waals surface area contributed by atoms with E-state index >= 15 is 0 Å². The van der Waals surface area contributed by atoms with Crippen LogP contribution >= 0.6 is 0 Å². The van der Waals surface area contributed by atoms with Crippen LogP contribution in [0.25, 0.3) is 0 Å². The highest BCUT2D eigenvalue weighted by molar-refractivity contribution is 5.89. The van der Waals surface area contributed by atoms with Gasteiger partial charge in [-0.25, -0.2) is 0 Å². The van der Waals surface area contributed by atoms with Gasteiger partial charge in [0.2, 0.25) is 11.7 Å². The molecule has 2 saturated heterocycles. The van der Waals surface area contributed by atoms with Crippen LogP contribution in [0.2, 0.25) is 0 Å². The second-order valence-electron chi connectivity index (χ2n) is 7.99. The van der Waals surface area contributed by atoms with E-state index in [9.17, 15) is 15.8 Å². The number of fused-ring (bicyclic) bond motifs is 2. The van der Waals surface area contributed by atoms with Crippen molar-refractivity contribution >= 4 is 5.90 Å². The topological polar surface area (TPSA) is 114 Å². The van der Waals surface area contributed by atoms with Crippen LogP contribution in [0.4, 0.5) is 0 Å². The highest BCUT2D eigenvalue weighted by Crippen LogP contribution is 2.66. The monoisotopic (exact) mass is 390 g/mol. The second kappa shape index (κ2) is 7.51. The highest BCUT2D eigenvalue weighted by Gasteiger charge is 2.80. The van der Waals surface area contributed by atoms with Gasteiger partial charge in [0.1, 0.15) is 0 Å². The van der Waals surface area contributed by atoms with Gasteiger partial charge in [-0.15, -0.1) is 0 Å². The zero-order chi connectivity index (χ0) is 21.3. The second-order valence-corrected chi connectivity index (χ2v) is 7.99. The minimum atomic E-state index is -1.82. The molecule has 6 heteroatoms. The minimum Gasteiger partial charge on any atom is -0.443 e. The summed E-state index contributed by atoms with van der Waals surface area (Å²) in [5.74, 6) is -2.52. The summed E-state index contributed by atoms with van der Waals surface area (Å²) in [5, 5.41) is 39.3. The summed E-state index contributed by atoms with van der Waals surface area (Å²) in [5.41, 5.74) is -2.83. The lowest BCUT2D eigenvalue weighted by Crippen LogP contribution is -2.62. The average molecular weight is 390 g/mol. The number of hydrogen-bond donors (Lipinski definition) is 1. The Kier molecular flexibility index (Phi) is 5.40. The third-order valence-corrected chi connectivity index (χ3v) is 6.77. The molecule has 150 valence electrons. The van der Waals surface area contributed by atoms with Crippen LogP contribution in [0.5, 0.6) is 0 Å². The first-order valence-electron chi connectivity index (χ1n) is 10.2. The fraction of sp³-hybridized carbons (Fsp3) is 0.565. The number of nitriles is 3. The largest absolute Gasteiger partial charge is 0.443 e. The Hall–Kier alpha value is -2.88. The number of benzene rings is 1. The molecule has 0 aromatic heterocycles. The Morgan fingerprint density at radius 3 is 2.28 bits per heavy atom. The molecule has 0 amide bonds. The van der Waals surface area contributed by atoms with E-state index in [1.165, 1.54) is 0 Å². The lowest BCUT2D eigenvalue weighted by molar-refractivity contribution is -0.296. The van der Waals surface area contributed by atoms with E-state index in [4.69, 9.17) is 14.9 Å². The molecule has 0 aliphatic carbocycles. The maximum atomic E-state index is 10.3. The maximum absolute atomic E-state index is 10.3. The first kappa shape index (κ1) is 20.8. The van der Waals surface area contributed by atoms with Crippen molar-refractivity contribution in [2.24, 2.45) is 22.7 Å². The Balaban J connectivity index is 2.28. The summed E-state index contributed by atoms with van der Waals surface area (Å²) in [6.07, 6.45) is 2.54. The highest BCUT2D eigenvalue weighted by atomic mass is 16.7. The van der Waals surface area contributed by atoms with Crippen molar-refractivity contribution in [2.75, 3.05) is 0 Å². The van der Waals surface area contributed by atoms with Gasteiger partial charge in [-0.1, -0.05) is 70.4 Å². The first-order valence-corrected chi connectivity index (χ1v) is 10.2. The molecule has 2 bridgehead atoms. The molecule has 29 heavy (non-hydrogen) atoms. The average Bonchev–Trinajstić information content (AvgIpc) is 2.92. The van der Waals surface area contributed by atoms with E-state index in [0.29, 0.717) is 12.0 Å². The molecule has 5 unspecified atom stereocenters. The van der Waals surface area contributed by atoms with Crippen molar-refractivity contribution in [1.82, 2.24) is 0 Å². The Morgan fingerprint density at radius 1 is 1.10 bits per heavy atom. The molecule has 2 fully saturated rings. The molecule has 2 heterocycles. The summed E-state index contributed by atoms with van der Waals surface area (Å²) in [4.78, 5) is 0. The lowest BCUT2D eigenvalue weighted by Gasteiger charge is -2.50. The van der Waals surface area contributed by atoms with E-state index < -0.39 is 28.6 Å². The smallest absolute Gasteiger partial charge is 0.243 e. The van der Waals surface area contributed by atoms with Gasteiger partial charge >= 0.3 is 0 Å². The standard InChI is InChI=1S/C23H26N4O2/c1-4-6-10-17(5-2)19-21(13-24,14-25)22(15-26)16(3)23(28-19,29-20(22)27)18-11-8-7-9-12-18/h7-9,11-12,16-17,19,27H,4-6,10H2,1-3H3. The maximum Gasteiger partial charge on any atom is 0.243 e. The van der Waals surface area contributed by atoms with Gasteiger partial charge in [0.05, 0.1) is 30.2 Å². The quantitative estimate of drug-likeness (QED) is 0.760. The van der Waals surface area contributed by atoms with Crippen LogP contribution in [0.3, 0.4) is 0 Å². The van der Waals surface area contributed by atoms with E-state index in [1.54, 1.807) is 6.92 Å². The van der Waals surface area contributed by atoms with Gasteiger partial charge in [0.25, 0.3) is 0 Å². The number of nitrogens with one attached hydrogen (secondary N) is 1. The summed E-state index contributed by atoms with van der Waals surface area (Å²) in [6.45, 7) is 5.83. The molecule has 2 aliphatic heterocycles. The number of rotatable bonds is 6. The van der Waals surface area contributed by atoms with Crippen molar-refractivity contribution < 1.29 is 9.47 Å². The fourth-order valence-corrected chi connectivity index (χ4v) is 5.05. The number of nitrogens with zero attached hydrogens (tertiary/aromatic N) is 3.